The first-order valence-electron chi connectivity index (χ1n) is 9.33. The Kier molecular flexibility index (Phi) is 3.50. The normalized spacial score (nSPS) is 13.8. The van der Waals surface area contributed by atoms with E-state index < -0.39 is 0 Å². The van der Waals surface area contributed by atoms with Gasteiger partial charge in [0, 0.05) is 35.5 Å². The molecule has 2 aromatic heterocycles. The van der Waals surface area contributed by atoms with E-state index in [1.54, 1.807) is 0 Å². The minimum absolute atomic E-state index is 0.649. The number of aryl methyl sites for hydroxylation is 2. The third-order valence-electron chi connectivity index (χ3n) is 5.69. The van der Waals surface area contributed by atoms with E-state index in [1.807, 2.05) is 30.1 Å². The zero-order chi connectivity index (χ0) is 18.5. The molecule has 5 rings (SSSR count). The molecule has 0 radical (unpaired) electrons. The Morgan fingerprint density at radius 1 is 1.07 bits per heavy atom. The number of anilines is 1. The number of nitrogens with two attached hydrogens (primary N) is 1. The number of imidazole rings is 1. The van der Waals surface area contributed by atoms with Crippen LogP contribution in [0.1, 0.15) is 29.5 Å². The van der Waals surface area contributed by atoms with Gasteiger partial charge in [-0.25, -0.2) is 9.97 Å². The highest BCUT2D eigenvalue weighted by molar-refractivity contribution is 6.05. The molecule has 0 saturated heterocycles. The van der Waals surface area contributed by atoms with Crippen molar-refractivity contribution in [2.45, 2.75) is 25.7 Å². The largest absolute Gasteiger partial charge is 0.398 e. The molecule has 0 unspecified atom stereocenters. The van der Waals surface area contributed by atoms with Crippen molar-refractivity contribution in [2.24, 2.45) is 7.05 Å². The fraction of sp³-hybridized carbons (Fsp3) is 0.227. The van der Waals surface area contributed by atoms with Gasteiger partial charge in [0.25, 0.3) is 0 Å². The number of benzene rings is 2. The summed E-state index contributed by atoms with van der Waals surface area (Å²) < 4.78 is 2.04. The maximum Gasteiger partial charge on any atom is 0.0955 e. The summed E-state index contributed by atoms with van der Waals surface area (Å²) in [5.41, 5.74) is 15.4. The third-order valence-corrected chi connectivity index (χ3v) is 5.69. The highest BCUT2D eigenvalue weighted by Crippen LogP contribution is 2.38. The molecule has 1 aliphatic rings. The molecule has 0 saturated carbocycles. The third kappa shape index (κ3) is 2.35. The molecule has 134 valence electrons. The number of hydrogen-bond donors (Lipinski definition) is 2. The van der Waals surface area contributed by atoms with Crippen molar-refractivity contribution in [3.05, 3.63) is 53.3 Å². The van der Waals surface area contributed by atoms with Crippen LogP contribution in [0.15, 0.2) is 36.7 Å². The maximum atomic E-state index is 7.86. The summed E-state index contributed by atoms with van der Waals surface area (Å²) in [4.78, 5) is 9.47. The molecule has 2 aromatic carbocycles. The predicted octanol–water partition coefficient (Wildman–Crippen LogP) is 4.25. The first-order valence-corrected chi connectivity index (χ1v) is 9.33. The van der Waals surface area contributed by atoms with Gasteiger partial charge in [-0.3, -0.25) is 0 Å². The van der Waals surface area contributed by atoms with Crippen LogP contribution < -0.4 is 5.73 Å². The van der Waals surface area contributed by atoms with Crippen molar-refractivity contribution < 1.29 is 0 Å². The Morgan fingerprint density at radius 2 is 1.85 bits per heavy atom. The van der Waals surface area contributed by atoms with Crippen LogP contribution >= 0.6 is 0 Å². The minimum Gasteiger partial charge on any atom is -0.398 e. The summed E-state index contributed by atoms with van der Waals surface area (Å²) in [5.74, 6) is 0. The molecular weight excluding hydrogens is 334 g/mol. The van der Waals surface area contributed by atoms with Gasteiger partial charge in [0.2, 0.25) is 0 Å². The first kappa shape index (κ1) is 16.0. The SMILES string of the molecule is Cn1cnc2ccc(-c3nc4ccc(N)c(C=N)c4c4c3CCCC4)cc21. The summed E-state index contributed by atoms with van der Waals surface area (Å²) in [6.45, 7) is 0. The van der Waals surface area contributed by atoms with Crippen LogP contribution in [0, 0.1) is 5.41 Å². The lowest BCUT2D eigenvalue weighted by Gasteiger charge is -2.23. The number of rotatable bonds is 2. The zero-order valence-electron chi connectivity index (χ0n) is 15.3. The minimum atomic E-state index is 0.649. The summed E-state index contributed by atoms with van der Waals surface area (Å²) in [7, 11) is 2.02. The summed E-state index contributed by atoms with van der Waals surface area (Å²) >= 11 is 0. The number of pyridine rings is 1. The van der Waals surface area contributed by atoms with E-state index in [2.05, 4.69) is 23.2 Å². The van der Waals surface area contributed by atoms with E-state index in [0.717, 1.165) is 51.6 Å². The molecular formula is C22H21N5. The molecule has 5 nitrogen and oxygen atoms in total. The van der Waals surface area contributed by atoms with Crippen molar-refractivity contribution in [2.75, 3.05) is 5.73 Å². The molecule has 0 amide bonds. The monoisotopic (exact) mass is 355 g/mol. The molecule has 2 heterocycles. The van der Waals surface area contributed by atoms with E-state index in [9.17, 15) is 0 Å². The number of fused-ring (bicyclic) bond motifs is 4. The van der Waals surface area contributed by atoms with Gasteiger partial charge in [-0.1, -0.05) is 6.07 Å². The number of hydrogen-bond acceptors (Lipinski definition) is 4. The predicted molar refractivity (Wildman–Crippen MR) is 110 cm³/mol. The average Bonchev–Trinajstić information content (AvgIpc) is 3.07. The lowest BCUT2D eigenvalue weighted by atomic mass is 9.85. The van der Waals surface area contributed by atoms with Gasteiger partial charge in [-0.2, -0.15) is 0 Å². The topological polar surface area (TPSA) is 80.6 Å². The fourth-order valence-corrected chi connectivity index (χ4v) is 4.33. The summed E-state index contributed by atoms with van der Waals surface area (Å²) in [6.07, 6.45) is 7.58. The molecule has 3 N–H and O–H groups in total. The van der Waals surface area contributed by atoms with Gasteiger partial charge in [0.15, 0.2) is 0 Å². The van der Waals surface area contributed by atoms with Crippen LogP contribution in [0.3, 0.4) is 0 Å². The number of nitrogens with zero attached hydrogens (tertiary/aromatic N) is 3. The second-order valence-corrected chi connectivity index (χ2v) is 7.29. The Hall–Kier alpha value is -3.21. The lowest BCUT2D eigenvalue weighted by Crippen LogP contribution is -2.09. The number of nitrogens with one attached hydrogen (secondary N) is 1. The van der Waals surface area contributed by atoms with Crippen LogP contribution in [-0.2, 0) is 19.9 Å². The van der Waals surface area contributed by atoms with Crippen LogP contribution in [0.25, 0.3) is 33.2 Å². The smallest absolute Gasteiger partial charge is 0.0955 e. The van der Waals surface area contributed by atoms with Gasteiger partial charge in [0.1, 0.15) is 0 Å². The van der Waals surface area contributed by atoms with E-state index in [1.165, 1.54) is 30.2 Å². The maximum absolute atomic E-state index is 7.86. The fourth-order valence-electron chi connectivity index (χ4n) is 4.33. The van der Waals surface area contributed by atoms with Gasteiger partial charge in [0.05, 0.1) is 28.6 Å². The number of aromatic nitrogens is 3. The first-order chi connectivity index (χ1) is 13.2. The van der Waals surface area contributed by atoms with Crippen LogP contribution in [0.4, 0.5) is 5.69 Å². The van der Waals surface area contributed by atoms with Crippen LogP contribution in [0.2, 0.25) is 0 Å². The standard InChI is InChI=1S/C22H21N5/c1-27-12-25-18-8-6-13(10-20(18)27)22-15-5-3-2-4-14(15)21-16(11-23)17(24)7-9-19(21)26-22/h6-12,23H,2-5,24H2,1H3. The van der Waals surface area contributed by atoms with E-state index in [4.69, 9.17) is 16.1 Å². The van der Waals surface area contributed by atoms with Crippen LogP contribution in [-0.4, -0.2) is 20.7 Å². The second-order valence-electron chi connectivity index (χ2n) is 7.29. The van der Waals surface area contributed by atoms with Crippen molar-refractivity contribution in [1.29, 1.82) is 5.41 Å². The summed E-state index contributed by atoms with van der Waals surface area (Å²) in [6, 6.07) is 10.2. The molecule has 4 aromatic rings. The van der Waals surface area contributed by atoms with E-state index >= 15 is 0 Å². The van der Waals surface area contributed by atoms with Crippen molar-refractivity contribution in [3.63, 3.8) is 0 Å². The molecule has 0 bridgehead atoms. The van der Waals surface area contributed by atoms with Crippen LogP contribution in [0.5, 0.6) is 0 Å². The van der Waals surface area contributed by atoms with Crippen molar-refractivity contribution in [1.82, 2.24) is 14.5 Å². The molecule has 27 heavy (non-hydrogen) atoms. The Labute approximate surface area is 157 Å². The molecule has 0 atom stereocenters. The van der Waals surface area contributed by atoms with Gasteiger partial charge >= 0.3 is 0 Å². The molecule has 0 aliphatic heterocycles. The van der Waals surface area contributed by atoms with Gasteiger partial charge in [-0.15, -0.1) is 0 Å². The van der Waals surface area contributed by atoms with Gasteiger partial charge < -0.3 is 15.7 Å². The van der Waals surface area contributed by atoms with Crippen molar-refractivity contribution >= 4 is 33.8 Å². The summed E-state index contributed by atoms with van der Waals surface area (Å²) in [5, 5.41) is 8.92. The Morgan fingerprint density at radius 3 is 2.67 bits per heavy atom. The molecule has 0 spiro atoms. The van der Waals surface area contributed by atoms with Crippen molar-refractivity contribution in [3.8, 4) is 11.3 Å². The lowest BCUT2D eigenvalue weighted by molar-refractivity contribution is 0.689. The van der Waals surface area contributed by atoms with Gasteiger partial charge in [-0.05, 0) is 61.1 Å². The zero-order valence-corrected chi connectivity index (χ0v) is 15.3. The quantitative estimate of drug-likeness (QED) is 0.417. The second kappa shape index (κ2) is 5.91. The van der Waals surface area contributed by atoms with E-state index in [-0.39, 0.29) is 0 Å². The highest BCUT2D eigenvalue weighted by Gasteiger charge is 2.21. The highest BCUT2D eigenvalue weighted by atomic mass is 15.0. The molecule has 1 aliphatic carbocycles. The average molecular weight is 355 g/mol. The number of nitrogen functional groups attached to an aromatic ring is 1. The van der Waals surface area contributed by atoms with E-state index in [0.29, 0.717) is 5.69 Å². The Balaban J connectivity index is 1.85. The molecule has 0 fully saturated rings. The molecule has 5 heteroatoms. The Bertz CT molecular complexity index is 1220.